The van der Waals surface area contributed by atoms with Crippen LogP contribution in [0.3, 0.4) is 0 Å². The molecule has 1 fully saturated rings. The largest absolute Gasteiger partial charge is 0.494 e. The second-order valence-electron chi connectivity index (χ2n) is 7.10. The van der Waals surface area contributed by atoms with Gasteiger partial charge in [-0.15, -0.1) is 0 Å². The van der Waals surface area contributed by atoms with Gasteiger partial charge in [-0.2, -0.15) is 5.26 Å². The van der Waals surface area contributed by atoms with Gasteiger partial charge in [-0.05, 0) is 43.9 Å². The van der Waals surface area contributed by atoms with Crippen LogP contribution in [-0.4, -0.2) is 22.1 Å². The Bertz CT molecular complexity index is 995. The van der Waals surface area contributed by atoms with Crippen LogP contribution in [0.2, 0.25) is 0 Å². The number of ether oxygens (including phenoxy) is 1. The minimum atomic E-state index is -0.531. The Morgan fingerprint density at radius 1 is 1.32 bits per heavy atom. The van der Waals surface area contributed by atoms with E-state index in [1.807, 2.05) is 13.0 Å². The summed E-state index contributed by atoms with van der Waals surface area (Å²) in [6.45, 7) is 3.96. The molecule has 28 heavy (non-hydrogen) atoms. The van der Waals surface area contributed by atoms with Crippen molar-refractivity contribution < 1.29 is 14.6 Å². The lowest BCUT2D eigenvalue weighted by Gasteiger charge is -2.20. The average Bonchev–Trinajstić information content (AvgIpc) is 3.21. The van der Waals surface area contributed by atoms with Crippen LogP contribution in [0.4, 0.5) is 0 Å². The van der Waals surface area contributed by atoms with E-state index in [2.05, 4.69) is 0 Å². The molecule has 0 atom stereocenters. The number of hydrogen-bond acceptors (Lipinski definition) is 5. The molecule has 1 heterocycles. The number of pyridine rings is 1. The number of para-hydroxylation sites is 1. The van der Waals surface area contributed by atoms with Crippen molar-refractivity contribution >= 4 is 5.78 Å². The van der Waals surface area contributed by atoms with Crippen LogP contribution in [-0.2, 0) is 0 Å². The minimum Gasteiger partial charge on any atom is -0.494 e. The monoisotopic (exact) mass is 380 g/mol. The SMILES string of the molecule is CCCOc1ccccc1C(=O)c1c(C)c(C#N)c(=O)n(C2CCCC2)c1O. The molecular formula is C22H24N2O4. The zero-order valence-electron chi connectivity index (χ0n) is 16.2. The Morgan fingerprint density at radius 3 is 2.64 bits per heavy atom. The molecule has 0 radical (unpaired) electrons. The number of ketones is 1. The molecule has 1 aliphatic rings. The Labute approximate surface area is 164 Å². The van der Waals surface area contributed by atoms with Gasteiger partial charge in [0.1, 0.15) is 17.4 Å². The molecule has 6 heteroatoms. The molecule has 1 aromatic carbocycles. The van der Waals surface area contributed by atoms with E-state index in [4.69, 9.17) is 4.74 Å². The van der Waals surface area contributed by atoms with E-state index in [1.54, 1.807) is 24.3 Å². The molecule has 1 N–H and O–H groups in total. The molecular weight excluding hydrogens is 356 g/mol. The molecule has 3 rings (SSSR count). The summed E-state index contributed by atoms with van der Waals surface area (Å²) in [7, 11) is 0. The third-order valence-electron chi connectivity index (χ3n) is 5.26. The van der Waals surface area contributed by atoms with Gasteiger partial charge in [0.2, 0.25) is 11.7 Å². The van der Waals surface area contributed by atoms with Crippen LogP contribution in [0.15, 0.2) is 29.1 Å². The Kier molecular flexibility index (Phi) is 5.84. The number of nitriles is 1. The predicted octanol–water partition coefficient (Wildman–Crippen LogP) is 3.87. The van der Waals surface area contributed by atoms with Crippen molar-refractivity contribution in [2.45, 2.75) is 52.0 Å². The number of hydrogen-bond donors (Lipinski definition) is 1. The first-order valence-corrected chi connectivity index (χ1v) is 9.65. The number of rotatable bonds is 6. The van der Waals surface area contributed by atoms with Gasteiger partial charge in [-0.1, -0.05) is 31.9 Å². The van der Waals surface area contributed by atoms with Crippen molar-refractivity contribution in [1.29, 1.82) is 5.26 Å². The van der Waals surface area contributed by atoms with E-state index in [9.17, 15) is 20.0 Å². The van der Waals surface area contributed by atoms with Crippen molar-refractivity contribution in [2.24, 2.45) is 0 Å². The van der Waals surface area contributed by atoms with Crippen molar-refractivity contribution in [3.05, 3.63) is 56.9 Å². The summed E-state index contributed by atoms with van der Waals surface area (Å²) >= 11 is 0. The van der Waals surface area contributed by atoms with E-state index in [0.29, 0.717) is 17.9 Å². The summed E-state index contributed by atoms with van der Waals surface area (Å²) in [5.74, 6) is -0.390. The maximum Gasteiger partial charge on any atom is 0.271 e. The van der Waals surface area contributed by atoms with Crippen LogP contribution in [0, 0.1) is 18.3 Å². The molecule has 0 bridgehead atoms. The lowest BCUT2D eigenvalue weighted by Crippen LogP contribution is -2.29. The smallest absolute Gasteiger partial charge is 0.271 e. The van der Waals surface area contributed by atoms with E-state index in [-0.39, 0.29) is 28.6 Å². The highest BCUT2D eigenvalue weighted by molar-refractivity contribution is 6.13. The van der Waals surface area contributed by atoms with Gasteiger partial charge < -0.3 is 9.84 Å². The van der Waals surface area contributed by atoms with E-state index in [1.165, 1.54) is 11.5 Å². The van der Waals surface area contributed by atoms with Gasteiger partial charge in [0.15, 0.2) is 0 Å². The van der Waals surface area contributed by atoms with Crippen LogP contribution < -0.4 is 10.3 Å². The highest BCUT2D eigenvalue weighted by atomic mass is 16.5. The Balaban J connectivity index is 2.20. The van der Waals surface area contributed by atoms with Crippen LogP contribution >= 0.6 is 0 Å². The number of carbonyl (C=O) groups is 1. The first-order valence-electron chi connectivity index (χ1n) is 9.65. The molecule has 0 saturated heterocycles. The molecule has 0 unspecified atom stereocenters. The molecule has 6 nitrogen and oxygen atoms in total. The van der Waals surface area contributed by atoms with Crippen molar-refractivity contribution in [2.75, 3.05) is 6.61 Å². The maximum atomic E-state index is 13.4. The second-order valence-corrected chi connectivity index (χ2v) is 7.10. The summed E-state index contributed by atoms with van der Waals surface area (Å²) < 4.78 is 6.92. The summed E-state index contributed by atoms with van der Waals surface area (Å²) in [5, 5.41) is 20.4. The van der Waals surface area contributed by atoms with Gasteiger partial charge in [-0.3, -0.25) is 14.2 Å². The third-order valence-corrected chi connectivity index (χ3v) is 5.26. The summed E-state index contributed by atoms with van der Waals surface area (Å²) in [6.07, 6.45) is 4.17. The van der Waals surface area contributed by atoms with E-state index < -0.39 is 11.3 Å². The third kappa shape index (κ3) is 3.40. The summed E-state index contributed by atoms with van der Waals surface area (Å²) in [6, 6.07) is 8.55. The number of nitrogens with zero attached hydrogens (tertiary/aromatic N) is 2. The van der Waals surface area contributed by atoms with Gasteiger partial charge in [0, 0.05) is 6.04 Å². The molecule has 146 valence electrons. The first-order chi connectivity index (χ1) is 13.5. The molecule has 0 aliphatic heterocycles. The number of carbonyl (C=O) groups excluding carboxylic acids is 1. The molecule has 1 saturated carbocycles. The fraction of sp³-hybridized carbons (Fsp3) is 0.409. The predicted molar refractivity (Wildman–Crippen MR) is 105 cm³/mol. The second kappa shape index (κ2) is 8.30. The normalized spacial score (nSPS) is 14.0. The molecule has 1 aliphatic carbocycles. The van der Waals surface area contributed by atoms with Crippen molar-refractivity contribution in [3.8, 4) is 17.7 Å². The molecule has 0 amide bonds. The van der Waals surface area contributed by atoms with Gasteiger partial charge >= 0.3 is 0 Å². The fourth-order valence-corrected chi connectivity index (χ4v) is 3.82. The Hall–Kier alpha value is -3.07. The molecule has 1 aromatic heterocycles. The molecule has 2 aromatic rings. The van der Waals surface area contributed by atoms with Gasteiger partial charge in [0.05, 0.1) is 17.7 Å². The van der Waals surface area contributed by atoms with Crippen molar-refractivity contribution in [3.63, 3.8) is 0 Å². The number of aromatic hydroxyl groups is 1. The number of benzene rings is 1. The summed E-state index contributed by atoms with van der Waals surface area (Å²) in [4.78, 5) is 26.1. The Morgan fingerprint density at radius 2 is 2.00 bits per heavy atom. The molecule has 0 spiro atoms. The van der Waals surface area contributed by atoms with Crippen LogP contribution in [0.5, 0.6) is 11.6 Å². The highest BCUT2D eigenvalue weighted by Gasteiger charge is 2.30. The van der Waals surface area contributed by atoms with Crippen LogP contribution in [0.1, 0.15) is 72.1 Å². The standard InChI is InChI=1S/C22H24N2O4/c1-3-12-28-18-11-7-6-10-16(18)20(25)19-14(2)17(13-23)21(26)24(22(19)27)15-8-4-5-9-15/h6-7,10-11,15,27H,3-5,8-9,12H2,1-2H3. The van der Waals surface area contributed by atoms with Gasteiger partial charge in [-0.25, -0.2) is 0 Å². The van der Waals surface area contributed by atoms with Crippen LogP contribution in [0.25, 0.3) is 0 Å². The minimum absolute atomic E-state index is 0.00408. The lowest BCUT2D eigenvalue weighted by atomic mass is 9.96. The number of aromatic nitrogens is 1. The zero-order chi connectivity index (χ0) is 20.3. The lowest BCUT2D eigenvalue weighted by molar-refractivity contribution is 0.102. The maximum absolute atomic E-state index is 13.4. The van der Waals surface area contributed by atoms with Crippen molar-refractivity contribution in [1.82, 2.24) is 4.57 Å². The van der Waals surface area contributed by atoms with E-state index >= 15 is 0 Å². The quantitative estimate of drug-likeness (QED) is 0.768. The van der Waals surface area contributed by atoms with Gasteiger partial charge in [0.25, 0.3) is 5.56 Å². The summed E-state index contributed by atoms with van der Waals surface area (Å²) in [5.41, 5.74) is -0.128. The highest BCUT2D eigenvalue weighted by Crippen LogP contribution is 2.35. The average molecular weight is 380 g/mol. The van der Waals surface area contributed by atoms with E-state index in [0.717, 1.165) is 32.1 Å². The first kappa shape index (κ1) is 19.7. The fourth-order valence-electron chi connectivity index (χ4n) is 3.82. The zero-order valence-corrected chi connectivity index (χ0v) is 16.2. The topological polar surface area (TPSA) is 92.3 Å².